The van der Waals surface area contributed by atoms with Crippen molar-refractivity contribution in [2.24, 2.45) is 0 Å². The molecule has 5 nitrogen and oxygen atoms in total. The van der Waals surface area contributed by atoms with E-state index < -0.39 is 0 Å². The van der Waals surface area contributed by atoms with E-state index in [1.54, 1.807) is 0 Å². The first-order valence-corrected chi connectivity index (χ1v) is 9.11. The second-order valence-corrected chi connectivity index (χ2v) is 6.79. The number of ether oxygens (including phenoxy) is 1. The zero-order valence-corrected chi connectivity index (χ0v) is 15.6. The van der Waals surface area contributed by atoms with E-state index in [1.165, 1.54) is 11.1 Å². The molecule has 0 saturated carbocycles. The van der Waals surface area contributed by atoms with Crippen LogP contribution in [0.3, 0.4) is 0 Å². The van der Waals surface area contributed by atoms with Crippen molar-refractivity contribution in [1.82, 2.24) is 15.1 Å². The van der Waals surface area contributed by atoms with E-state index in [0.29, 0.717) is 0 Å². The first-order valence-electron chi connectivity index (χ1n) is 9.11. The highest BCUT2D eigenvalue weighted by atomic mass is 16.5. The van der Waals surface area contributed by atoms with Crippen molar-refractivity contribution in [3.8, 4) is 5.75 Å². The Morgan fingerprint density at radius 3 is 2.46 bits per heavy atom. The fraction of sp³-hybridized carbons (Fsp3) is 0.381. The first kappa shape index (κ1) is 18.3. The molecule has 0 aliphatic carbocycles. The van der Waals surface area contributed by atoms with E-state index in [0.717, 1.165) is 44.0 Å². The van der Waals surface area contributed by atoms with E-state index in [2.05, 4.69) is 47.5 Å². The zero-order chi connectivity index (χ0) is 18.4. The standard InChI is InChI=1S/C21H27N3O2/c1-17-8-9-20(18(2)14-17)26-16-22-21(25)24-12-10-23(11-13-24)15-19-6-4-3-5-7-19/h3-9,14H,10-13,15-16H2,1-2H3,(H,22,25). The van der Waals surface area contributed by atoms with Crippen molar-refractivity contribution in [3.05, 3.63) is 65.2 Å². The molecule has 2 aromatic rings. The largest absolute Gasteiger partial charge is 0.473 e. The Kier molecular flexibility index (Phi) is 6.12. The van der Waals surface area contributed by atoms with Gasteiger partial charge in [0, 0.05) is 32.7 Å². The average molecular weight is 353 g/mol. The summed E-state index contributed by atoms with van der Waals surface area (Å²) in [6, 6.07) is 16.4. The third-order valence-electron chi connectivity index (χ3n) is 4.69. The van der Waals surface area contributed by atoms with Gasteiger partial charge in [-0.25, -0.2) is 4.79 Å². The van der Waals surface area contributed by atoms with Gasteiger partial charge in [0.15, 0.2) is 6.73 Å². The number of urea groups is 1. The lowest BCUT2D eigenvalue weighted by Crippen LogP contribution is -2.51. The van der Waals surface area contributed by atoms with Gasteiger partial charge in [-0.15, -0.1) is 0 Å². The van der Waals surface area contributed by atoms with Gasteiger partial charge in [0.1, 0.15) is 5.75 Å². The molecule has 1 heterocycles. The predicted molar refractivity (Wildman–Crippen MR) is 103 cm³/mol. The minimum absolute atomic E-state index is 0.0610. The van der Waals surface area contributed by atoms with Crippen LogP contribution < -0.4 is 10.1 Å². The molecule has 1 aliphatic rings. The third kappa shape index (κ3) is 4.99. The molecule has 0 spiro atoms. The van der Waals surface area contributed by atoms with Gasteiger partial charge in [-0.3, -0.25) is 4.90 Å². The quantitative estimate of drug-likeness (QED) is 0.840. The van der Waals surface area contributed by atoms with Crippen LogP contribution in [0.2, 0.25) is 0 Å². The first-order chi connectivity index (χ1) is 12.6. The Hall–Kier alpha value is -2.53. The van der Waals surface area contributed by atoms with Gasteiger partial charge in [-0.1, -0.05) is 48.0 Å². The van der Waals surface area contributed by atoms with E-state index in [4.69, 9.17) is 4.74 Å². The fourth-order valence-corrected chi connectivity index (χ4v) is 3.20. The van der Waals surface area contributed by atoms with E-state index in [-0.39, 0.29) is 12.8 Å². The van der Waals surface area contributed by atoms with Gasteiger partial charge in [0.2, 0.25) is 0 Å². The van der Waals surface area contributed by atoms with Crippen LogP contribution in [0.1, 0.15) is 16.7 Å². The van der Waals surface area contributed by atoms with Gasteiger partial charge in [0.25, 0.3) is 0 Å². The lowest BCUT2D eigenvalue weighted by Gasteiger charge is -2.34. The van der Waals surface area contributed by atoms with Crippen LogP contribution in [0.25, 0.3) is 0 Å². The number of hydrogen-bond acceptors (Lipinski definition) is 3. The lowest BCUT2D eigenvalue weighted by molar-refractivity contribution is 0.130. The fourth-order valence-electron chi connectivity index (χ4n) is 3.20. The maximum absolute atomic E-state index is 12.3. The summed E-state index contributed by atoms with van der Waals surface area (Å²) < 4.78 is 5.68. The molecule has 138 valence electrons. The Balaban J connectivity index is 1.39. The molecule has 26 heavy (non-hydrogen) atoms. The smallest absolute Gasteiger partial charge is 0.320 e. The van der Waals surface area contributed by atoms with Crippen molar-refractivity contribution < 1.29 is 9.53 Å². The topological polar surface area (TPSA) is 44.8 Å². The van der Waals surface area contributed by atoms with Crippen LogP contribution in [0, 0.1) is 13.8 Å². The number of carbonyl (C=O) groups excluding carboxylic acids is 1. The molecule has 1 saturated heterocycles. The number of aryl methyl sites for hydroxylation is 2. The van der Waals surface area contributed by atoms with Crippen molar-refractivity contribution in [2.45, 2.75) is 20.4 Å². The van der Waals surface area contributed by atoms with Crippen LogP contribution in [-0.2, 0) is 6.54 Å². The summed E-state index contributed by atoms with van der Waals surface area (Å²) in [5, 5.41) is 2.85. The number of nitrogens with one attached hydrogen (secondary N) is 1. The van der Waals surface area contributed by atoms with E-state index in [1.807, 2.05) is 30.0 Å². The second kappa shape index (κ2) is 8.72. The van der Waals surface area contributed by atoms with Crippen LogP contribution >= 0.6 is 0 Å². The van der Waals surface area contributed by atoms with Gasteiger partial charge in [-0.05, 0) is 31.0 Å². The lowest BCUT2D eigenvalue weighted by atomic mass is 10.1. The van der Waals surface area contributed by atoms with Crippen LogP contribution in [0.4, 0.5) is 4.79 Å². The highest BCUT2D eigenvalue weighted by Gasteiger charge is 2.20. The monoisotopic (exact) mass is 353 g/mol. The number of rotatable bonds is 5. The molecule has 0 radical (unpaired) electrons. The summed E-state index contributed by atoms with van der Waals surface area (Å²) in [4.78, 5) is 16.5. The SMILES string of the molecule is Cc1ccc(OCNC(=O)N2CCN(Cc3ccccc3)CC2)c(C)c1. The maximum Gasteiger partial charge on any atom is 0.320 e. The molecule has 0 unspecified atom stereocenters. The third-order valence-corrected chi connectivity index (χ3v) is 4.69. The number of amides is 2. The molecule has 1 fully saturated rings. The van der Waals surface area contributed by atoms with Crippen LogP contribution in [0.5, 0.6) is 5.75 Å². The summed E-state index contributed by atoms with van der Waals surface area (Å²) in [6.45, 7) is 8.44. The Labute approximate surface area is 155 Å². The van der Waals surface area contributed by atoms with Crippen molar-refractivity contribution in [1.29, 1.82) is 0 Å². The summed E-state index contributed by atoms with van der Waals surface area (Å²) >= 11 is 0. The summed E-state index contributed by atoms with van der Waals surface area (Å²) in [5.41, 5.74) is 3.59. The molecule has 0 bridgehead atoms. The van der Waals surface area contributed by atoms with Crippen molar-refractivity contribution >= 4 is 6.03 Å². The molecule has 2 amide bonds. The molecule has 2 aromatic carbocycles. The molecule has 0 atom stereocenters. The maximum atomic E-state index is 12.3. The molecule has 0 aromatic heterocycles. The molecular formula is C21H27N3O2. The Bertz CT molecular complexity index is 725. The number of piperazine rings is 1. The predicted octanol–water partition coefficient (Wildman–Crippen LogP) is 3.17. The minimum Gasteiger partial charge on any atom is -0.473 e. The highest BCUT2D eigenvalue weighted by Crippen LogP contribution is 2.18. The minimum atomic E-state index is -0.0610. The number of hydrogen-bond donors (Lipinski definition) is 1. The average Bonchev–Trinajstić information content (AvgIpc) is 2.65. The van der Waals surface area contributed by atoms with Gasteiger partial charge in [0.05, 0.1) is 0 Å². The summed E-state index contributed by atoms with van der Waals surface area (Å²) in [6.07, 6.45) is 0. The second-order valence-electron chi connectivity index (χ2n) is 6.79. The van der Waals surface area contributed by atoms with Crippen LogP contribution in [-0.4, -0.2) is 48.7 Å². The van der Waals surface area contributed by atoms with Crippen molar-refractivity contribution in [2.75, 3.05) is 32.9 Å². The highest BCUT2D eigenvalue weighted by molar-refractivity contribution is 5.74. The number of benzene rings is 2. The molecule has 5 heteroatoms. The van der Waals surface area contributed by atoms with Gasteiger partial charge < -0.3 is 15.0 Å². The molecule has 3 rings (SSSR count). The summed E-state index contributed by atoms with van der Waals surface area (Å²) in [5.74, 6) is 0.809. The Morgan fingerprint density at radius 2 is 1.77 bits per heavy atom. The van der Waals surface area contributed by atoms with E-state index in [9.17, 15) is 4.79 Å². The van der Waals surface area contributed by atoms with Crippen LogP contribution in [0.15, 0.2) is 48.5 Å². The van der Waals surface area contributed by atoms with Crippen molar-refractivity contribution in [3.63, 3.8) is 0 Å². The molecular weight excluding hydrogens is 326 g/mol. The Morgan fingerprint density at radius 1 is 1.04 bits per heavy atom. The molecule has 1 N–H and O–H groups in total. The normalized spacial score (nSPS) is 14.9. The van der Waals surface area contributed by atoms with Gasteiger partial charge in [-0.2, -0.15) is 0 Å². The number of carbonyl (C=O) groups is 1. The zero-order valence-electron chi connectivity index (χ0n) is 15.6. The number of nitrogens with zero attached hydrogens (tertiary/aromatic N) is 2. The molecule has 1 aliphatic heterocycles. The summed E-state index contributed by atoms with van der Waals surface area (Å²) in [7, 11) is 0. The van der Waals surface area contributed by atoms with Gasteiger partial charge >= 0.3 is 6.03 Å². The van der Waals surface area contributed by atoms with E-state index >= 15 is 0 Å².